The minimum Gasteiger partial charge on any atom is -0.423 e. The summed E-state index contributed by atoms with van der Waals surface area (Å²) in [4.78, 5) is 28.4. The molecule has 9 nitrogen and oxygen atoms in total. The number of nitrogens with zero attached hydrogens (tertiary/aromatic N) is 3. The molecule has 0 saturated heterocycles. The summed E-state index contributed by atoms with van der Waals surface area (Å²) in [6, 6.07) is 14.4. The molecule has 0 fully saturated rings. The minimum atomic E-state index is -3.61. The highest BCUT2D eigenvalue weighted by Gasteiger charge is 2.20. The summed E-state index contributed by atoms with van der Waals surface area (Å²) in [7, 11) is -3.61. The molecule has 0 aliphatic heterocycles. The fourth-order valence-electron chi connectivity index (χ4n) is 2.42. The van der Waals surface area contributed by atoms with Crippen molar-refractivity contribution in [1.29, 1.82) is 5.26 Å². The van der Waals surface area contributed by atoms with E-state index in [0.29, 0.717) is 17.1 Å². The standard InChI is InChI=1S/C21H15ClN4O5S2/c1-2-33(29,30)21-25-20(32-26-21)24-18(27)14(12-23)11-13-7-9-15(10-8-13)31-19(28)16-5-3-4-6-17(16)22/h3-11H,2H2,1H3,(H,24,25,26,27). The zero-order valence-electron chi connectivity index (χ0n) is 17.0. The second kappa shape index (κ2) is 10.4. The molecule has 168 valence electrons. The van der Waals surface area contributed by atoms with Gasteiger partial charge >= 0.3 is 5.97 Å². The molecule has 3 rings (SSSR count). The van der Waals surface area contributed by atoms with Gasteiger partial charge in [-0.2, -0.15) is 14.6 Å². The summed E-state index contributed by atoms with van der Waals surface area (Å²) in [6.07, 6.45) is 1.32. The lowest BCUT2D eigenvalue weighted by Crippen LogP contribution is -2.13. The van der Waals surface area contributed by atoms with Crippen LogP contribution < -0.4 is 10.1 Å². The summed E-state index contributed by atoms with van der Waals surface area (Å²) >= 11 is 6.68. The van der Waals surface area contributed by atoms with Crippen molar-refractivity contribution in [2.75, 3.05) is 11.1 Å². The van der Waals surface area contributed by atoms with Gasteiger partial charge in [-0.25, -0.2) is 13.2 Å². The zero-order chi connectivity index (χ0) is 24.0. The first kappa shape index (κ1) is 24.1. The third kappa shape index (κ3) is 6.01. The number of ether oxygens (including phenoxy) is 1. The molecule has 2 aromatic carbocycles. The van der Waals surface area contributed by atoms with Crippen molar-refractivity contribution in [3.63, 3.8) is 0 Å². The van der Waals surface area contributed by atoms with E-state index in [-0.39, 0.29) is 37.9 Å². The molecule has 0 aliphatic carbocycles. The Hall–Kier alpha value is -3.59. The number of aromatic nitrogens is 2. The van der Waals surface area contributed by atoms with Gasteiger partial charge in [0, 0.05) is 11.5 Å². The predicted octanol–water partition coefficient (Wildman–Crippen LogP) is 3.75. The van der Waals surface area contributed by atoms with Gasteiger partial charge in [-0.1, -0.05) is 42.8 Å². The first-order chi connectivity index (χ1) is 15.7. The maximum Gasteiger partial charge on any atom is 0.345 e. The molecule has 0 aliphatic rings. The van der Waals surface area contributed by atoms with E-state index in [2.05, 4.69) is 14.7 Å². The normalized spacial score (nSPS) is 11.5. The Morgan fingerprint density at radius 3 is 2.55 bits per heavy atom. The van der Waals surface area contributed by atoms with Crippen LogP contribution >= 0.6 is 23.1 Å². The fraction of sp³-hybridized carbons (Fsp3) is 0.0952. The number of rotatable bonds is 7. The van der Waals surface area contributed by atoms with Gasteiger partial charge in [0.15, 0.2) is 0 Å². The molecule has 33 heavy (non-hydrogen) atoms. The Labute approximate surface area is 198 Å². The van der Waals surface area contributed by atoms with Crippen LogP contribution in [0, 0.1) is 11.3 Å². The van der Waals surface area contributed by atoms with Crippen LogP contribution in [0.15, 0.2) is 59.3 Å². The lowest BCUT2D eigenvalue weighted by molar-refractivity contribution is -0.112. The molecule has 0 saturated carbocycles. The summed E-state index contributed by atoms with van der Waals surface area (Å²) in [5.41, 5.74) is 0.467. The van der Waals surface area contributed by atoms with Crippen molar-refractivity contribution >= 4 is 56.1 Å². The lowest BCUT2D eigenvalue weighted by Gasteiger charge is -2.06. The van der Waals surface area contributed by atoms with Crippen molar-refractivity contribution in [3.8, 4) is 11.8 Å². The molecule has 0 atom stereocenters. The third-order valence-electron chi connectivity index (χ3n) is 4.15. The second-order valence-electron chi connectivity index (χ2n) is 6.35. The van der Waals surface area contributed by atoms with Gasteiger partial charge in [0.25, 0.3) is 11.1 Å². The smallest absolute Gasteiger partial charge is 0.345 e. The minimum absolute atomic E-state index is 0.0463. The number of carbonyl (C=O) groups is 2. The van der Waals surface area contributed by atoms with Crippen molar-refractivity contribution < 1.29 is 22.7 Å². The van der Waals surface area contributed by atoms with Gasteiger partial charge in [0.1, 0.15) is 17.4 Å². The first-order valence-electron chi connectivity index (χ1n) is 9.30. The number of nitriles is 1. The number of hydrogen-bond acceptors (Lipinski definition) is 9. The van der Waals surface area contributed by atoms with Crippen molar-refractivity contribution in [2.24, 2.45) is 0 Å². The highest BCUT2D eigenvalue weighted by molar-refractivity contribution is 7.91. The fourth-order valence-corrected chi connectivity index (χ4v) is 4.21. The molecule has 3 aromatic rings. The van der Waals surface area contributed by atoms with E-state index in [9.17, 15) is 23.3 Å². The van der Waals surface area contributed by atoms with Gasteiger partial charge in [0.2, 0.25) is 15.0 Å². The van der Waals surface area contributed by atoms with Crippen LogP contribution in [0.5, 0.6) is 5.75 Å². The lowest BCUT2D eigenvalue weighted by atomic mass is 10.1. The van der Waals surface area contributed by atoms with Crippen molar-refractivity contribution in [2.45, 2.75) is 12.1 Å². The molecule has 0 bridgehead atoms. The van der Waals surface area contributed by atoms with E-state index in [4.69, 9.17) is 16.3 Å². The number of carbonyl (C=O) groups excluding carboxylic acids is 2. The van der Waals surface area contributed by atoms with Crippen LogP contribution in [0.4, 0.5) is 5.13 Å². The highest BCUT2D eigenvalue weighted by atomic mass is 35.5. The van der Waals surface area contributed by atoms with Crippen LogP contribution in [-0.4, -0.2) is 35.4 Å². The van der Waals surface area contributed by atoms with Crippen LogP contribution in [-0.2, 0) is 14.6 Å². The Balaban J connectivity index is 1.70. The van der Waals surface area contributed by atoms with Crippen molar-refractivity contribution in [3.05, 3.63) is 70.3 Å². The Morgan fingerprint density at radius 1 is 1.21 bits per heavy atom. The number of nitrogens with one attached hydrogen (secondary N) is 1. The second-order valence-corrected chi connectivity index (χ2v) is 9.68. The van der Waals surface area contributed by atoms with Crippen LogP contribution in [0.1, 0.15) is 22.8 Å². The largest absolute Gasteiger partial charge is 0.423 e. The molecule has 1 aromatic heterocycles. The number of hydrogen-bond donors (Lipinski definition) is 1. The van der Waals surface area contributed by atoms with Gasteiger partial charge in [-0.05, 0) is 35.9 Å². The molecule has 1 amide bonds. The average Bonchev–Trinajstić information content (AvgIpc) is 3.28. The van der Waals surface area contributed by atoms with Gasteiger partial charge in [-0.15, -0.1) is 0 Å². The molecular formula is C21H15ClN4O5S2. The van der Waals surface area contributed by atoms with E-state index in [1.165, 1.54) is 31.2 Å². The van der Waals surface area contributed by atoms with Crippen LogP contribution in [0.25, 0.3) is 6.08 Å². The number of sulfone groups is 1. The van der Waals surface area contributed by atoms with Crippen LogP contribution in [0.2, 0.25) is 5.02 Å². The molecular weight excluding hydrogens is 488 g/mol. The number of halogens is 1. The summed E-state index contributed by atoms with van der Waals surface area (Å²) in [5.74, 6) is -1.33. The van der Waals surface area contributed by atoms with E-state index in [1.807, 2.05) is 0 Å². The van der Waals surface area contributed by atoms with Crippen LogP contribution in [0.3, 0.4) is 0 Å². The topological polar surface area (TPSA) is 139 Å². The highest BCUT2D eigenvalue weighted by Crippen LogP contribution is 2.21. The Morgan fingerprint density at radius 2 is 1.91 bits per heavy atom. The zero-order valence-corrected chi connectivity index (χ0v) is 19.4. The van der Waals surface area contributed by atoms with Gasteiger partial charge in [-0.3, -0.25) is 10.1 Å². The summed E-state index contributed by atoms with van der Waals surface area (Å²) < 4.78 is 32.6. The van der Waals surface area contributed by atoms with Gasteiger partial charge < -0.3 is 4.74 Å². The average molecular weight is 503 g/mol. The number of anilines is 1. The molecule has 0 radical (unpaired) electrons. The number of esters is 1. The molecule has 0 spiro atoms. The summed E-state index contributed by atoms with van der Waals surface area (Å²) in [6.45, 7) is 1.45. The van der Waals surface area contributed by atoms with E-state index < -0.39 is 21.7 Å². The molecule has 1 N–H and O–H groups in total. The Bertz CT molecular complexity index is 1380. The van der Waals surface area contributed by atoms with Gasteiger partial charge in [0.05, 0.1) is 16.3 Å². The monoisotopic (exact) mass is 502 g/mol. The van der Waals surface area contributed by atoms with E-state index >= 15 is 0 Å². The maximum atomic E-state index is 12.4. The van der Waals surface area contributed by atoms with E-state index in [1.54, 1.807) is 36.4 Å². The third-order valence-corrected chi connectivity index (χ3v) is 6.72. The molecule has 0 unspecified atom stereocenters. The molecule has 1 heterocycles. The predicted molar refractivity (Wildman–Crippen MR) is 123 cm³/mol. The Kier molecular flexibility index (Phi) is 7.55. The number of amides is 1. The summed E-state index contributed by atoms with van der Waals surface area (Å²) in [5, 5.41) is 11.5. The van der Waals surface area contributed by atoms with Crippen molar-refractivity contribution in [1.82, 2.24) is 9.36 Å². The SMILES string of the molecule is CCS(=O)(=O)c1nsc(NC(=O)C(C#N)=Cc2ccc(OC(=O)c3ccccc3Cl)cc2)n1. The number of benzene rings is 2. The maximum absolute atomic E-state index is 12.4. The van der Waals surface area contributed by atoms with E-state index in [0.717, 1.165) is 0 Å². The first-order valence-corrected chi connectivity index (χ1v) is 12.1. The quantitative estimate of drug-likeness (QED) is 0.223. The molecule has 12 heteroatoms.